The van der Waals surface area contributed by atoms with Gasteiger partial charge in [0.25, 0.3) is 0 Å². The molecule has 2 rings (SSSR count). The van der Waals surface area contributed by atoms with Crippen molar-refractivity contribution in [1.82, 2.24) is 26.6 Å². The van der Waals surface area contributed by atoms with Crippen LogP contribution in [0.3, 0.4) is 0 Å². The molecule has 7 atom stereocenters. The fourth-order valence-corrected chi connectivity index (χ4v) is 7.52. The van der Waals surface area contributed by atoms with Crippen LogP contribution in [0, 0.1) is 5.92 Å². The number of nitrogens with two attached hydrogens (primary N) is 2. The van der Waals surface area contributed by atoms with Gasteiger partial charge in [0.05, 0.1) is 12.5 Å². The smallest absolute Gasteiger partial charge is 0.326 e. The lowest BCUT2D eigenvalue weighted by atomic mass is 9.96. The molecule has 0 aliphatic carbocycles. The van der Waals surface area contributed by atoms with E-state index in [1.54, 1.807) is 49.4 Å². The highest BCUT2D eigenvalue weighted by molar-refractivity contribution is 9.10. The molecule has 7 amide bonds. The van der Waals surface area contributed by atoms with Crippen LogP contribution >= 0.6 is 15.9 Å². The molecular weight excluding hydrogens is 914 g/mol. The molecule has 0 radical (unpaired) electrons. The number of carboxylic acid groups (broad SMARTS) is 1. The van der Waals surface area contributed by atoms with Crippen molar-refractivity contribution in [3.8, 4) is 0 Å². The third-order valence-corrected chi connectivity index (χ3v) is 12.0. The number of amides is 7. The Morgan fingerprint density at radius 3 is 1.45 bits per heavy atom. The minimum absolute atomic E-state index is 0.0613. The Morgan fingerprint density at radius 1 is 0.545 bits per heavy atom. The summed E-state index contributed by atoms with van der Waals surface area (Å²) >= 11 is 3.37. The van der Waals surface area contributed by atoms with E-state index in [2.05, 4.69) is 42.5 Å². The fraction of sp³-hybridized carbons (Fsp3) is 0.583. The monoisotopic (exact) mass is 985 g/mol. The normalized spacial score (nSPS) is 14.3. The molecule has 66 heavy (non-hydrogen) atoms. The molecule has 0 fully saturated rings. The Bertz CT molecular complexity index is 1850. The molecule has 18 heteroatoms. The SMILES string of the molecule is CC[C@H](C)[C@@H](NC(=O)[C@@H](NC(=O)CCCCCCCCCCCCCCC(=O)N[C@H](CC(=O)N[C@@H](Cc1ccccc1)C(=O)O)C(N)=O)[C@H](C)O)C(=O)N[C@H](Cc1ccc(Br)cc1)C(N)=O. The van der Waals surface area contributed by atoms with Crippen LogP contribution in [0.5, 0.6) is 0 Å². The van der Waals surface area contributed by atoms with Crippen LogP contribution in [0.2, 0.25) is 0 Å². The summed E-state index contributed by atoms with van der Waals surface area (Å²) in [6, 6.07) is 10.2. The second kappa shape index (κ2) is 31.5. The Labute approximate surface area is 397 Å². The lowest BCUT2D eigenvalue weighted by molar-refractivity contribution is -0.142. The topological polar surface area (TPSA) is 289 Å². The molecule has 17 nitrogen and oxygen atoms in total. The molecular formula is C48H72BrN7O10. The van der Waals surface area contributed by atoms with Crippen molar-refractivity contribution in [1.29, 1.82) is 0 Å². The maximum absolute atomic E-state index is 13.4. The average molecular weight is 987 g/mol. The predicted molar refractivity (Wildman–Crippen MR) is 254 cm³/mol. The van der Waals surface area contributed by atoms with Gasteiger partial charge in [-0.1, -0.05) is 143 Å². The summed E-state index contributed by atoms with van der Waals surface area (Å²) in [5.41, 5.74) is 12.5. The van der Waals surface area contributed by atoms with E-state index < -0.39 is 84.1 Å². The van der Waals surface area contributed by atoms with Gasteiger partial charge in [0.15, 0.2) is 0 Å². The lowest BCUT2D eigenvalue weighted by Crippen LogP contribution is -2.60. The minimum atomic E-state index is -1.29. The van der Waals surface area contributed by atoms with Crippen LogP contribution in [-0.2, 0) is 51.2 Å². The zero-order valence-electron chi connectivity index (χ0n) is 38.7. The number of carboxylic acids is 1. The molecule has 0 aromatic heterocycles. The van der Waals surface area contributed by atoms with Crippen LogP contribution in [0.25, 0.3) is 0 Å². The fourth-order valence-electron chi connectivity index (χ4n) is 7.25. The number of rotatable bonds is 34. The van der Waals surface area contributed by atoms with E-state index in [0.717, 1.165) is 79.8 Å². The number of primary amides is 2. The third-order valence-electron chi connectivity index (χ3n) is 11.4. The van der Waals surface area contributed by atoms with E-state index in [-0.39, 0.29) is 37.5 Å². The third kappa shape index (κ3) is 23.2. The van der Waals surface area contributed by atoms with Gasteiger partial charge in [-0.3, -0.25) is 33.6 Å². The first kappa shape index (κ1) is 56.8. The van der Waals surface area contributed by atoms with Crippen molar-refractivity contribution in [3.63, 3.8) is 0 Å². The van der Waals surface area contributed by atoms with Gasteiger partial charge in [-0.05, 0) is 48.9 Å². The quantitative estimate of drug-likeness (QED) is 0.0455. The van der Waals surface area contributed by atoms with Crippen molar-refractivity contribution in [2.45, 2.75) is 173 Å². The number of carbonyl (C=O) groups is 8. The number of hydrogen-bond acceptors (Lipinski definition) is 9. The van der Waals surface area contributed by atoms with E-state index in [1.165, 1.54) is 6.92 Å². The van der Waals surface area contributed by atoms with Gasteiger partial charge in [-0.2, -0.15) is 0 Å². The molecule has 0 saturated carbocycles. The number of hydrogen-bond donors (Lipinski definition) is 9. The number of aliphatic hydroxyl groups excluding tert-OH is 1. The van der Waals surface area contributed by atoms with E-state index in [0.29, 0.717) is 19.3 Å². The summed E-state index contributed by atoms with van der Waals surface area (Å²) in [6.45, 7) is 5.02. The predicted octanol–water partition coefficient (Wildman–Crippen LogP) is 3.99. The summed E-state index contributed by atoms with van der Waals surface area (Å²) in [6.07, 6.45) is 10.5. The highest BCUT2D eigenvalue weighted by Crippen LogP contribution is 2.16. The van der Waals surface area contributed by atoms with Gasteiger partial charge >= 0.3 is 5.97 Å². The molecule has 0 heterocycles. The Hall–Kier alpha value is -5.36. The molecule has 0 bridgehead atoms. The largest absolute Gasteiger partial charge is 0.480 e. The first-order valence-corrected chi connectivity index (χ1v) is 24.0. The molecule has 2 aromatic rings. The van der Waals surface area contributed by atoms with Crippen LogP contribution in [0.15, 0.2) is 59.1 Å². The number of aliphatic carboxylic acids is 1. The number of unbranched alkanes of at least 4 members (excludes halogenated alkanes) is 11. The van der Waals surface area contributed by atoms with Gasteiger partial charge in [0.1, 0.15) is 30.2 Å². The van der Waals surface area contributed by atoms with E-state index in [1.807, 2.05) is 19.1 Å². The summed E-state index contributed by atoms with van der Waals surface area (Å²) in [4.78, 5) is 101. The molecule has 0 spiro atoms. The molecule has 11 N–H and O–H groups in total. The lowest BCUT2D eigenvalue weighted by Gasteiger charge is -2.28. The van der Waals surface area contributed by atoms with Crippen molar-refractivity contribution < 1.29 is 48.6 Å². The number of nitrogens with one attached hydrogen (secondary N) is 5. The standard InChI is InChI=1S/C48H72BrN7O10/c1-4-31(2)42(46(63)54-36(44(50)61)28-34-24-26-35(49)27-25-34)56-47(64)43(32(3)57)55-40(59)23-19-14-12-10-8-6-5-7-9-11-13-18-22-39(58)52-37(45(51)62)30-41(60)53-38(48(65)66)29-33-20-16-15-17-21-33/h15-17,20-21,24-27,31-32,36-38,42-43,57H,4-14,18-19,22-23,28-30H2,1-3H3,(H2,50,61)(H2,51,62)(H,52,58)(H,53,60)(H,54,63)(H,55,59)(H,56,64)(H,65,66)/t31-,32-,36+,37+,38-,42+,43-/m0/s1. The minimum Gasteiger partial charge on any atom is -0.480 e. The number of benzene rings is 2. The van der Waals surface area contributed by atoms with Crippen molar-refractivity contribution in [2.24, 2.45) is 17.4 Å². The van der Waals surface area contributed by atoms with Crippen molar-refractivity contribution in [2.75, 3.05) is 0 Å². The maximum atomic E-state index is 13.4. The van der Waals surface area contributed by atoms with Gasteiger partial charge in [0.2, 0.25) is 41.4 Å². The highest BCUT2D eigenvalue weighted by atomic mass is 79.9. The molecule has 0 unspecified atom stereocenters. The van der Waals surface area contributed by atoms with Crippen LogP contribution in [0.4, 0.5) is 0 Å². The maximum Gasteiger partial charge on any atom is 0.326 e. The molecule has 0 saturated heterocycles. The molecule has 366 valence electrons. The van der Waals surface area contributed by atoms with E-state index >= 15 is 0 Å². The van der Waals surface area contributed by atoms with Gasteiger partial charge in [-0.25, -0.2) is 4.79 Å². The number of aliphatic hydroxyl groups is 1. The Balaban J connectivity index is 1.60. The van der Waals surface area contributed by atoms with Crippen molar-refractivity contribution in [3.05, 3.63) is 70.2 Å². The van der Waals surface area contributed by atoms with Gasteiger partial charge < -0.3 is 48.3 Å². The average Bonchev–Trinajstić information content (AvgIpc) is 3.27. The molecule has 0 aliphatic rings. The van der Waals surface area contributed by atoms with Crippen molar-refractivity contribution >= 4 is 63.2 Å². The van der Waals surface area contributed by atoms with Crippen LogP contribution in [-0.4, -0.2) is 93.8 Å². The van der Waals surface area contributed by atoms with E-state index in [9.17, 15) is 48.6 Å². The van der Waals surface area contributed by atoms with Gasteiger partial charge in [0, 0.05) is 30.2 Å². The summed E-state index contributed by atoms with van der Waals surface area (Å²) in [5.74, 6) is -5.97. The second-order valence-electron chi connectivity index (χ2n) is 17.1. The summed E-state index contributed by atoms with van der Waals surface area (Å²) in [7, 11) is 0. The Morgan fingerprint density at radius 2 is 0.985 bits per heavy atom. The van der Waals surface area contributed by atoms with E-state index in [4.69, 9.17) is 11.5 Å². The first-order valence-electron chi connectivity index (χ1n) is 23.2. The van der Waals surface area contributed by atoms with Crippen LogP contribution < -0.4 is 38.1 Å². The van der Waals surface area contributed by atoms with Crippen LogP contribution in [0.1, 0.15) is 135 Å². The summed E-state index contributed by atoms with van der Waals surface area (Å²) < 4.78 is 0.858. The number of halogens is 1. The zero-order valence-corrected chi connectivity index (χ0v) is 40.2. The Kier molecular flexibility index (Phi) is 27.1. The number of carbonyl (C=O) groups excluding carboxylic acids is 7. The highest BCUT2D eigenvalue weighted by Gasteiger charge is 2.34. The van der Waals surface area contributed by atoms with Gasteiger partial charge in [-0.15, -0.1) is 0 Å². The summed E-state index contributed by atoms with van der Waals surface area (Å²) in [5, 5.41) is 32.8. The first-order chi connectivity index (χ1) is 31.4. The zero-order chi connectivity index (χ0) is 49.0. The second-order valence-corrected chi connectivity index (χ2v) is 18.0. The molecule has 0 aliphatic heterocycles. The molecule has 2 aromatic carbocycles.